The Balaban J connectivity index is 2.08. The average Bonchev–Trinajstić information content (AvgIpc) is 2.90. The Hall–Kier alpha value is -3.92. The Morgan fingerprint density at radius 3 is 2.27 bits per heavy atom. The summed E-state index contributed by atoms with van der Waals surface area (Å²) in [6.07, 6.45) is -1.81. The molecule has 0 aromatic heterocycles. The third-order valence-corrected chi connectivity index (χ3v) is 9.44. The first kappa shape index (κ1) is 33.0. The second-order valence-electron chi connectivity index (χ2n) is 12.5. The molecule has 238 valence electrons. The maximum atomic E-state index is 14.5. The number of amides is 1. The maximum Gasteiger partial charge on any atom is 0.255 e. The van der Waals surface area contributed by atoms with Crippen LogP contribution in [0.2, 0.25) is 0 Å². The molecule has 1 aromatic rings. The minimum absolute atomic E-state index is 0.0204. The minimum Gasteiger partial charge on any atom is -0.762 e. The fourth-order valence-electron chi connectivity index (χ4n) is 7.22. The van der Waals surface area contributed by atoms with Gasteiger partial charge in [0.15, 0.2) is 17.0 Å². The third-order valence-electron chi connectivity index (χ3n) is 9.44. The van der Waals surface area contributed by atoms with E-state index in [9.17, 15) is 45.3 Å². The van der Waals surface area contributed by atoms with Gasteiger partial charge in [-0.3, -0.25) is 24.5 Å². The van der Waals surface area contributed by atoms with Crippen LogP contribution in [0.15, 0.2) is 29.0 Å². The maximum absolute atomic E-state index is 14.5. The van der Waals surface area contributed by atoms with Gasteiger partial charge in [0.05, 0.1) is 34.8 Å². The number of nitriles is 1. The van der Waals surface area contributed by atoms with Crippen molar-refractivity contribution in [3.63, 3.8) is 0 Å². The van der Waals surface area contributed by atoms with Gasteiger partial charge in [-0.2, -0.15) is 5.26 Å². The molecule has 0 aliphatic heterocycles. The lowest BCUT2D eigenvalue weighted by molar-refractivity contribution is -0.153. The number of likely N-dealkylation sites (N-methyl/N-ethyl adjacent to an activating group) is 1. The minimum atomic E-state index is -3.08. The number of hydroxylamine groups is 2. The van der Waals surface area contributed by atoms with Crippen LogP contribution in [0.5, 0.6) is 5.75 Å². The van der Waals surface area contributed by atoms with E-state index in [1.54, 1.807) is 19.9 Å². The Kier molecular flexibility index (Phi) is 7.74. The largest absolute Gasteiger partial charge is 0.762 e. The highest BCUT2D eigenvalue weighted by molar-refractivity contribution is 6.26. The number of phenolic OH excluding ortho intramolecular Hbond substituents is 1. The summed E-state index contributed by atoms with van der Waals surface area (Å²) in [7, 11) is 2.63. The van der Waals surface area contributed by atoms with Gasteiger partial charge < -0.3 is 53.8 Å². The second kappa shape index (κ2) is 10.3. The Bertz CT molecular complexity index is 1580. The van der Waals surface area contributed by atoms with Crippen LogP contribution in [0.25, 0.3) is 5.76 Å². The van der Waals surface area contributed by atoms with Gasteiger partial charge in [-0.25, -0.2) is 0 Å². The summed E-state index contributed by atoms with van der Waals surface area (Å²) in [5.41, 5.74) is 14.1. The van der Waals surface area contributed by atoms with Gasteiger partial charge in [-0.05, 0) is 37.9 Å². The van der Waals surface area contributed by atoms with Crippen LogP contribution in [-0.2, 0) is 19.8 Å². The number of aliphatic hydroxyl groups excluding tert-OH is 3. The lowest BCUT2D eigenvalue weighted by atomic mass is 9.45. The molecular weight excluding hydrogens is 578 g/mol. The number of carbonyl (C=O) groups excluding carboxylic acids is 3. The quantitative estimate of drug-likeness (QED) is 0.126. The van der Waals surface area contributed by atoms with Crippen LogP contribution >= 0.6 is 0 Å². The lowest BCUT2D eigenvalue weighted by Crippen LogP contribution is -2.87. The van der Waals surface area contributed by atoms with Gasteiger partial charge in [0.25, 0.3) is 5.91 Å². The predicted octanol–water partition coefficient (Wildman–Crippen LogP) is -1.42. The molecule has 3 aliphatic carbocycles. The molecule has 0 radical (unpaired) electrons. The molecule has 1 aromatic carbocycles. The van der Waals surface area contributed by atoms with Gasteiger partial charge in [0.1, 0.15) is 34.5 Å². The molecule has 6 atom stereocenters. The summed E-state index contributed by atoms with van der Waals surface area (Å²) in [4.78, 5) is 41.5. The Morgan fingerprint density at radius 1 is 1.18 bits per heavy atom. The first-order valence-electron chi connectivity index (χ1n) is 13.6. The number of aromatic hydroxyl groups is 1. The SMILES string of the molecule is CN(C)[C@@H]1C(=O)C(C(N)=O)=C(O)[C@@]2(C#N)C(=O)C3=C(O)c4c(ccc(C(C)(C)CCCN([O-])O)c4O)[C@H](N)[C@@]3(N)[C@H](O)[C@@]12N. The van der Waals surface area contributed by atoms with Crippen LogP contribution in [0, 0.1) is 22.0 Å². The molecule has 1 amide bonds. The molecule has 0 heterocycles. The number of phenols is 1. The highest BCUT2D eigenvalue weighted by atomic mass is 16.8. The monoisotopic (exact) mass is 614 g/mol. The van der Waals surface area contributed by atoms with Crippen LogP contribution in [0.4, 0.5) is 0 Å². The summed E-state index contributed by atoms with van der Waals surface area (Å²) < 4.78 is 0. The summed E-state index contributed by atoms with van der Waals surface area (Å²) >= 11 is 0. The van der Waals surface area contributed by atoms with Gasteiger partial charge >= 0.3 is 0 Å². The van der Waals surface area contributed by atoms with E-state index >= 15 is 0 Å². The number of hydrogen-bond acceptors (Lipinski definition) is 15. The number of benzene rings is 1. The molecule has 4 rings (SSSR count). The standard InChI is InChI=1S/C28H36N7O9/c1-25(2,8-5-9-35(43)44)12-7-6-11-13(16(12)36)17(37)15-22(40)26(10-29)21(39)14(23(31)41)18(38)20(34(3)4)28(26,33)24(42)27(15,32)19(11)30/h6-7,19-20,24,36-37,39,42-43H,5,8-9,30,32-33H2,1-4H3,(H2,31,41)/q-1/t19-,20+,24-,26-,27+,28-/m0/s1. The molecule has 1 saturated carbocycles. The molecule has 0 saturated heterocycles. The molecule has 0 spiro atoms. The third kappa shape index (κ3) is 3.89. The zero-order valence-corrected chi connectivity index (χ0v) is 24.5. The highest BCUT2D eigenvalue weighted by Gasteiger charge is 2.79. The number of primary amides is 1. The molecule has 44 heavy (non-hydrogen) atoms. The molecule has 16 heteroatoms. The van der Waals surface area contributed by atoms with Crippen molar-refractivity contribution in [3.05, 3.63) is 50.9 Å². The van der Waals surface area contributed by atoms with Crippen molar-refractivity contribution in [2.45, 2.75) is 61.4 Å². The normalized spacial score (nSPS) is 32.0. The van der Waals surface area contributed by atoms with Gasteiger partial charge in [-0.15, -0.1) is 0 Å². The fraction of sp³-hybridized carbons (Fsp3) is 0.500. The van der Waals surface area contributed by atoms with Gasteiger partial charge in [0, 0.05) is 12.1 Å². The molecule has 13 N–H and O–H groups in total. The topological polar surface area (TPSA) is 310 Å². The van der Waals surface area contributed by atoms with E-state index in [2.05, 4.69) is 0 Å². The number of Topliss-reactive ketones (excluding diaryl/α,β-unsaturated/α-hetero) is 2. The Morgan fingerprint density at radius 2 is 1.77 bits per heavy atom. The number of aliphatic hydroxyl groups is 3. The van der Waals surface area contributed by atoms with Crippen molar-refractivity contribution in [3.8, 4) is 11.8 Å². The lowest BCUT2D eigenvalue weighted by Gasteiger charge is -2.62. The molecule has 0 bridgehead atoms. The van der Waals surface area contributed by atoms with Crippen LogP contribution in [0.3, 0.4) is 0 Å². The van der Waals surface area contributed by atoms with E-state index in [1.165, 1.54) is 26.2 Å². The number of hydrogen-bond donors (Lipinski definition) is 9. The van der Waals surface area contributed by atoms with E-state index in [1.807, 2.05) is 0 Å². The number of nitrogens with two attached hydrogens (primary N) is 4. The van der Waals surface area contributed by atoms with E-state index in [-0.39, 0.29) is 41.3 Å². The average molecular weight is 615 g/mol. The number of carbonyl (C=O) groups is 3. The van der Waals surface area contributed by atoms with E-state index in [0.717, 1.165) is 4.90 Å². The van der Waals surface area contributed by atoms with Crippen molar-refractivity contribution in [2.24, 2.45) is 28.3 Å². The number of ketones is 2. The molecule has 16 nitrogen and oxygen atoms in total. The van der Waals surface area contributed by atoms with Crippen molar-refractivity contribution in [1.82, 2.24) is 10.1 Å². The second-order valence-corrected chi connectivity index (χ2v) is 12.5. The molecule has 1 fully saturated rings. The summed E-state index contributed by atoms with van der Waals surface area (Å²) in [6, 6.07) is 1.07. The van der Waals surface area contributed by atoms with Crippen molar-refractivity contribution in [2.75, 3.05) is 20.6 Å². The molecule has 3 aliphatic rings. The van der Waals surface area contributed by atoms with Crippen molar-refractivity contribution in [1.29, 1.82) is 5.26 Å². The van der Waals surface area contributed by atoms with Crippen molar-refractivity contribution >= 4 is 23.2 Å². The van der Waals surface area contributed by atoms with E-state index in [4.69, 9.17) is 28.1 Å². The summed E-state index contributed by atoms with van der Waals surface area (Å²) in [5.74, 6) is -7.05. The molecular formula is C28H36N7O9-. The molecule has 0 unspecified atom stereocenters. The van der Waals surface area contributed by atoms with Gasteiger partial charge in [0.2, 0.25) is 0 Å². The zero-order valence-electron chi connectivity index (χ0n) is 24.5. The van der Waals surface area contributed by atoms with Crippen LogP contribution in [0.1, 0.15) is 49.4 Å². The summed E-state index contributed by atoms with van der Waals surface area (Å²) in [5, 5.41) is 76.7. The fourth-order valence-corrected chi connectivity index (χ4v) is 7.22. The first-order chi connectivity index (χ1) is 20.2. The van der Waals surface area contributed by atoms with Crippen LogP contribution in [-0.4, -0.2) is 97.1 Å². The number of nitrogens with zero attached hydrogens (tertiary/aromatic N) is 3. The Labute approximate surface area is 251 Å². The smallest absolute Gasteiger partial charge is 0.255 e. The predicted molar refractivity (Wildman–Crippen MR) is 153 cm³/mol. The van der Waals surface area contributed by atoms with Crippen LogP contribution < -0.4 is 22.9 Å². The zero-order chi connectivity index (χ0) is 33.5. The first-order valence-corrected chi connectivity index (χ1v) is 13.6. The van der Waals surface area contributed by atoms with Gasteiger partial charge in [-0.1, -0.05) is 26.0 Å². The van der Waals surface area contributed by atoms with E-state index in [0.29, 0.717) is 0 Å². The summed E-state index contributed by atoms with van der Waals surface area (Å²) in [6.45, 7) is 3.23. The number of rotatable bonds is 7. The highest BCUT2D eigenvalue weighted by Crippen LogP contribution is 2.60. The van der Waals surface area contributed by atoms with E-state index < -0.39 is 86.0 Å². The number of fused-ring (bicyclic) bond motifs is 3. The van der Waals surface area contributed by atoms with Crippen molar-refractivity contribution < 1.29 is 40.0 Å².